The summed E-state index contributed by atoms with van der Waals surface area (Å²) in [7, 11) is 1.84. The van der Waals surface area contributed by atoms with Gasteiger partial charge in [-0.3, -0.25) is 4.79 Å². The molecule has 0 spiro atoms. The van der Waals surface area contributed by atoms with Crippen LogP contribution in [0.2, 0.25) is 5.02 Å². The van der Waals surface area contributed by atoms with Crippen LogP contribution in [0.3, 0.4) is 0 Å². The van der Waals surface area contributed by atoms with Crippen molar-refractivity contribution in [2.24, 2.45) is 0 Å². The van der Waals surface area contributed by atoms with Crippen LogP contribution in [0, 0.1) is 0 Å². The molecule has 6 heteroatoms. The van der Waals surface area contributed by atoms with Gasteiger partial charge < -0.3 is 14.9 Å². The summed E-state index contributed by atoms with van der Waals surface area (Å²) in [6.07, 6.45) is 0.681. The summed E-state index contributed by atoms with van der Waals surface area (Å²) in [6, 6.07) is 21.8. The van der Waals surface area contributed by atoms with Crippen molar-refractivity contribution in [3.63, 3.8) is 0 Å². The van der Waals surface area contributed by atoms with E-state index >= 15 is 0 Å². The van der Waals surface area contributed by atoms with Crippen LogP contribution >= 0.6 is 11.6 Å². The topological polar surface area (TPSA) is 60.9 Å². The van der Waals surface area contributed by atoms with E-state index in [-0.39, 0.29) is 17.4 Å². The number of likely N-dealkylation sites (tertiary alicyclic amines) is 1. The monoisotopic (exact) mass is 464 g/mol. The number of hydrogen-bond donors (Lipinski definition) is 1. The number of fused-ring (bicyclic) bond motifs is 1. The molecule has 1 saturated heterocycles. The van der Waals surface area contributed by atoms with Crippen molar-refractivity contribution in [1.29, 1.82) is 0 Å². The quantitative estimate of drug-likeness (QED) is 0.495. The van der Waals surface area contributed by atoms with Gasteiger partial charge in [-0.2, -0.15) is 0 Å². The first kappa shape index (κ1) is 23.1. The lowest BCUT2D eigenvalue weighted by Gasteiger charge is -2.42. The Morgan fingerprint density at radius 2 is 1.70 bits per heavy atom. The summed E-state index contributed by atoms with van der Waals surface area (Å²) in [5.74, 6) is 0.0409. The molecule has 1 unspecified atom stereocenters. The second-order valence-corrected chi connectivity index (χ2v) is 9.43. The van der Waals surface area contributed by atoms with Crippen LogP contribution in [0.1, 0.15) is 43.4 Å². The Labute approximate surface area is 199 Å². The van der Waals surface area contributed by atoms with Crippen LogP contribution in [0.5, 0.6) is 0 Å². The fraction of sp³-hybridized carbons (Fsp3) is 0.333. The highest BCUT2D eigenvalue weighted by atomic mass is 35.5. The van der Waals surface area contributed by atoms with E-state index in [1.807, 2.05) is 62.5 Å². The van der Waals surface area contributed by atoms with Crippen LogP contribution < -0.4 is 0 Å². The summed E-state index contributed by atoms with van der Waals surface area (Å²) < 4.78 is 0. The molecule has 172 valence electrons. The number of halogens is 1. The van der Waals surface area contributed by atoms with Gasteiger partial charge >= 0.3 is 6.09 Å². The van der Waals surface area contributed by atoms with Gasteiger partial charge in [-0.05, 0) is 53.8 Å². The molecule has 1 N–H and O–H groups in total. The SMILES string of the molecule is CC(c1cc(Cl)cc2ccccc12)N(C)C(=O)CC1(c2ccccc2)CCN(C(=O)O)CC1. The number of carbonyl (C=O) groups is 2. The number of benzene rings is 3. The van der Waals surface area contributed by atoms with Crippen molar-refractivity contribution < 1.29 is 14.7 Å². The Balaban J connectivity index is 1.61. The molecule has 1 heterocycles. The molecule has 1 aliphatic heterocycles. The number of rotatable bonds is 5. The predicted octanol–water partition coefficient (Wildman–Crippen LogP) is 6.11. The lowest BCUT2D eigenvalue weighted by atomic mass is 9.70. The molecule has 3 aromatic carbocycles. The number of nitrogens with zero attached hydrogens (tertiary/aromatic N) is 2. The highest BCUT2D eigenvalue weighted by Crippen LogP contribution is 2.40. The molecule has 1 atom stereocenters. The van der Waals surface area contributed by atoms with Gasteiger partial charge in [0.25, 0.3) is 0 Å². The van der Waals surface area contributed by atoms with E-state index < -0.39 is 6.09 Å². The second-order valence-electron chi connectivity index (χ2n) is 8.99. The smallest absolute Gasteiger partial charge is 0.407 e. The average molecular weight is 465 g/mol. The van der Waals surface area contributed by atoms with Gasteiger partial charge in [-0.25, -0.2) is 4.79 Å². The van der Waals surface area contributed by atoms with Crippen molar-refractivity contribution in [3.8, 4) is 0 Å². The van der Waals surface area contributed by atoms with Gasteiger partial charge in [0, 0.05) is 37.0 Å². The zero-order valence-electron chi connectivity index (χ0n) is 19.0. The number of hydrogen-bond acceptors (Lipinski definition) is 2. The fourth-order valence-corrected chi connectivity index (χ4v) is 5.21. The third-order valence-electron chi connectivity index (χ3n) is 7.15. The predicted molar refractivity (Wildman–Crippen MR) is 132 cm³/mol. The van der Waals surface area contributed by atoms with E-state index in [0.717, 1.165) is 21.9 Å². The minimum Gasteiger partial charge on any atom is -0.465 e. The van der Waals surface area contributed by atoms with Crippen molar-refractivity contribution in [1.82, 2.24) is 9.80 Å². The number of carboxylic acid groups (broad SMARTS) is 1. The lowest BCUT2D eigenvalue weighted by Crippen LogP contribution is -2.47. The van der Waals surface area contributed by atoms with E-state index in [1.165, 1.54) is 4.90 Å². The van der Waals surface area contributed by atoms with Gasteiger partial charge in [0.1, 0.15) is 0 Å². The van der Waals surface area contributed by atoms with E-state index in [1.54, 1.807) is 4.90 Å². The third kappa shape index (κ3) is 4.69. The highest BCUT2D eigenvalue weighted by Gasteiger charge is 2.40. The summed E-state index contributed by atoms with van der Waals surface area (Å²) >= 11 is 6.39. The maximum absolute atomic E-state index is 13.6. The fourth-order valence-electron chi connectivity index (χ4n) is 4.97. The Hall–Kier alpha value is -3.05. The van der Waals surface area contributed by atoms with Crippen LogP contribution in [0.25, 0.3) is 10.8 Å². The summed E-state index contributed by atoms with van der Waals surface area (Å²) in [4.78, 5) is 28.3. The molecule has 4 rings (SSSR count). The molecule has 0 aliphatic carbocycles. The largest absolute Gasteiger partial charge is 0.465 e. The molecule has 0 aromatic heterocycles. The Morgan fingerprint density at radius 3 is 2.36 bits per heavy atom. The number of carbonyl (C=O) groups excluding carboxylic acids is 1. The van der Waals surface area contributed by atoms with E-state index in [4.69, 9.17) is 11.6 Å². The van der Waals surface area contributed by atoms with Crippen molar-refractivity contribution in [2.45, 2.75) is 37.6 Å². The first-order valence-corrected chi connectivity index (χ1v) is 11.7. The number of amides is 2. The molecule has 1 fully saturated rings. The summed E-state index contributed by atoms with van der Waals surface area (Å²) in [5.41, 5.74) is 1.73. The zero-order chi connectivity index (χ0) is 23.6. The van der Waals surface area contributed by atoms with E-state index in [2.05, 4.69) is 18.2 Å². The van der Waals surface area contributed by atoms with Gasteiger partial charge in [-0.15, -0.1) is 0 Å². The third-order valence-corrected chi connectivity index (χ3v) is 7.37. The molecule has 33 heavy (non-hydrogen) atoms. The number of piperidine rings is 1. The van der Waals surface area contributed by atoms with E-state index in [0.29, 0.717) is 37.4 Å². The molecule has 1 aliphatic rings. The van der Waals surface area contributed by atoms with Gasteiger partial charge in [0.05, 0.1) is 6.04 Å². The summed E-state index contributed by atoms with van der Waals surface area (Å²) in [6.45, 7) is 2.88. The molecule has 3 aromatic rings. The van der Waals surface area contributed by atoms with Crippen LogP contribution in [0.4, 0.5) is 4.79 Å². The molecular formula is C27H29ClN2O3. The lowest BCUT2D eigenvalue weighted by molar-refractivity contribution is -0.133. The molecule has 5 nitrogen and oxygen atoms in total. The molecule has 0 bridgehead atoms. The minimum atomic E-state index is -0.901. The van der Waals surface area contributed by atoms with E-state index in [9.17, 15) is 14.7 Å². The molecule has 0 radical (unpaired) electrons. The Bertz CT molecular complexity index is 1160. The maximum atomic E-state index is 13.6. The van der Waals surface area contributed by atoms with Crippen LogP contribution in [0.15, 0.2) is 66.7 Å². The van der Waals surface area contributed by atoms with Crippen molar-refractivity contribution in [3.05, 3.63) is 82.9 Å². The Kier molecular flexibility index (Phi) is 6.61. The highest BCUT2D eigenvalue weighted by molar-refractivity contribution is 6.31. The summed E-state index contributed by atoms with van der Waals surface area (Å²) in [5, 5.41) is 12.2. The first-order chi connectivity index (χ1) is 15.8. The van der Waals surface area contributed by atoms with Crippen LogP contribution in [-0.2, 0) is 10.2 Å². The van der Waals surface area contributed by atoms with Gasteiger partial charge in [0.15, 0.2) is 0 Å². The average Bonchev–Trinajstić information content (AvgIpc) is 2.83. The van der Waals surface area contributed by atoms with Gasteiger partial charge in [0.2, 0.25) is 5.91 Å². The zero-order valence-corrected chi connectivity index (χ0v) is 19.8. The standard InChI is InChI=1S/C27H29ClN2O3/c1-19(24-17-22(28)16-20-8-6-7-11-23(20)24)29(2)25(31)18-27(21-9-4-3-5-10-21)12-14-30(15-13-27)26(32)33/h3-11,16-17,19H,12-15,18H2,1-2H3,(H,32,33). The minimum absolute atomic E-state index is 0.0409. The Morgan fingerprint density at radius 1 is 1.06 bits per heavy atom. The molecule has 0 saturated carbocycles. The first-order valence-electron chi connectivity index (χ1n) is 11.3. The molecule has 2 amide bonds. The van der Waals surface area contributed by atoms with Crippen LogP contribution in [-0.4, -0.2) is 47.0 Å². The van der Waals surface area contributed by atoms with Crippen molar-refractivity contribution >= 4 is 34.4 Å². The molecular weight excluding hydrogens is 436 g/mol. The normalized spacial score (nSPS) is 16.4. The second kappa shape index (κ2) is 9.44. The maximum Gasteiger partial charge on any atom is 0.407 e. The van der Waals surface area contributed by atoms with Crippen molar-refractivity contribution in [2.75, 3.05) is 20.1 Å². The van der Waals surface area contributed by atoms with Gasteiger partial charge in [-0.1, -0.05) is 66.2 Å².